The number of likely N-dealkylation sites (tertiary alicyclic amines) is 1. The third-order valence-corrected chi connectivity index (χ3v) is 4.93. The standard InChI is InChI=1S/C17H26N2/c18-16-10-8-14(9-11-16)13-19-12-4-7-17(19)15-5-2-1-3-6-15/h1-3,5-6,14,16-17H,4,7-13,18H2. The zero-order chi connectivity index (χ0) is 13.1. The first-order valence-corrected chi connectivity index (χ1v) is 7.87. The van der Waals surface area contributed by atoms with Gasteiger partial charge in [0.15, 0.2) is 0 Å². The van der Waals surface area contributed by atoms with Gasteiger partial charge in [-0.3, -0.25) is 4.90 Å². The number of benzene rings is 1. The summed E-state index contributed by atoms with van der Waals surface area (Å²) in [6, 6.07) is 12.2. The third kappa shape index (κ3) is 3.18. The van der Waals surface area contributed by atoms with Crippen LogP contribution in [-0.2, 0) is 0 Å². The van der Waals surface area contributed by atoms with Crippen LogP contribution >= 0.6 is 0 Å². The Kier molecular flexibility index (Phi) is 4.19. The van der Waals surface area contributed by atoms with E-state index < -0.39 is 0 Å². The van der Waals surface area contributed by atoms with Crippen molar-refractivity contribution in [3.05, 3.63) is 35.9 Å². The lowest BCUT2D eigenvalue weighted by atomic mass is 9.86. The van der Waals surface area contributed by atoms with Crippen molar-refractivity contribution in [2.75, 3.05) is 13.1 Å². The van der Waals surface area contributed by atoms with Crippen LogP contribution < -0.4 is 5.73 Å². The predicted molar refractivity (Wildman–Crippen MR) is 79.9 cm³/mol. The maximum Gasteiger partial charge on any atom is 0.0348 e. The van der Waals surface area contributed by atoms with Crippen LogP contribution in [0.2, 0.25) is 0 Å². The molecule has 1 saturated carbocycles. The number of hydrogen-bond acceptors (Lipinski definition) is 2. The highest BCUT2D eigenvalue weighted by molar-refractivity contribution is 5.20. The maximum atomic E-state index is 6.01. The molecule has 1 unspecified atom stereocenters. The molecule has 2 nitrogen and oxygen atoms in total. The van der Waals surface area contributed by atoms with Crippen molar-refractivity contribution in [2.45, 2.75) is 50.6 Å². The molecule has 0 bridgehead atoms. The molecule has 2 fully saturated rings. The molecule has 1 aromatic carbocycles. The van der Waals surface area contributed by atoms with Crippen molar-refractivity contribution >= 4 is 0 Å². The molecule has 1 aromatic rings. The number of hydrogen-bond donors (Lipinski definition) is 1. The fourth-order valence-electron chi connectivity index (χ4n) is 3.80. The second kappa shape index (κ2) is 6.06. The van der Waals surface area contributed by atoms with Gasteiger partial charge < -0.3 is 5.73 Å². The van der Waals surface area contributed by atoms with Crippen LogP contribution in [0.4, 0.5) is 0 Å². The van der Waals surface area contributed by atoms with Gasteiger partial charge in [0.05, 0.1) is 0 Å². The van der Waals surface area contributed by atoms with E-state index in [-0.39, 0.29) is 0 Å². The molecule has 2 heteroatoms. The molecule has 0 amide bonds. The Bertz CT molecular complexity index is 382. The van der Waals surface area contributed by atoms with Gasteiger partial charge in [-0.25, -0.2) is 0 Å². The first kappa shape index (κ1) is 13.1. The van der Waals surface area contributed by atoms with Gasteiger partial charge in [-0.05, 0) is 56.6 Å². The summed E-state index contributed by atoms with van der Waals surface area (Å²) in [6.07, 6.45) is 7.81. The minimum Gasteiger partial charge on any atom is -0.328 e. The smallest absolute Gasteiger partial charge is 0.0348 e. The van der Waals surface area contributed by atoms with E-state index in [1.165, 1.54) is 57.2 Å². The molecular weight excluding hydrogens is 232 g/mol. The lowest BCUT2D eigenvalue weighted by Gasteiger charge is -2.32. The summed E-state index contributed by atoms with van der Waals surface area (Å²) in [6.45, 7) is 2.56. The van der Waals surface area contributed by atoms with E-state index in [9.17, 15) is 0 Å². The van der Waals surface area contributed by atoms with Crippen LogP contribution in [0.5, 0.6) is 0 Å². The Balaban J connectivity index is 1.61. The van der Waals surface area contributed by atoms with E-state index >= 15 is 0 Å². The quantitative estimate of drug-likeness (QED) is 0.901. The van der Waals surface area contributed by atoms with Crippen molar-refractivity contribution in [1.82, 2.24) is 4.90 Å². The Morgan fingerprint density at radius 3 is 2.47 bits per heavy atom. The van der Waals surface area contributed by atoms with Gasteiger partial charge >= 0.3 is 0 Å². The zero-order valence-electron chi connectivity index (χ0n) is 11.8. The van der Waals surface area contributed by atoms with E-state index in [0.29, 0.717) is 12.1 Å². The van der Waals surface area contributed by atoms with Gasteiger partial charge in [-0.15, -0.1) is 0 Å². The molecule has 3 rings (SSSR count). The summed E-state index contributed by atoms with van der Waals surface area (Å²) in [5.74, 6) is 0.879. The lowest BCUT2D eigenvalue weighted by molar-refractivity contribution is 0.183. The molecule has 1 aliphatic heterocycles. The molecule has 1 aliphatic carbocycles. The van der Waals surface area contributed by atoms with Crippen LogP contribution in [0.25, 0.3) is 0 Å². The largest absolute Gasteiger partial charge is 0.328 e. The van der Waals surface area contributed by atoms with Gasteiger partial charge in [0.1, 0.15) is 0 Å². The molecule has 1 atom stereocenters. The zero-order valence-corrected chi connectivity index (χ0v) is 11.8. The normalized spacial score (nSPS) is 32.6. The molecule has 1 saturated heterocycles. The molecule has 104 valence electrons. The van der Waals surface area contributed by atoms with Crippen molar-refractivity contribution in [3.63, 3.8) is 0 Å². The monoisotopic (exact) mass is 258 g/mol. The molecule has 2 aliphatic rings. The van der Waals surface area contributed by atoms with Gasteiger partial charge in [-0.1, -0.05) is 30.3 Å². The summed E-state index contributed by atoms with van der Waals surface area (Å²) >= 11 is 0. The summed E-state index contributed by atoms with van der Waals surface area (Å²) in [4.78, 5) is 2.72. The Labute approximate surface area is 117 Å². The topological polar surface area (TPSA) is 29.3 Å². The molecular formula is C17H26N2. The lowest BCUT2D eigenvalue weighted by Crippen LogP contribution is -2.34. The molecule has 0 aromatic heterocycles. The predicted octanol–water partition coefficient (Wildman–Crippen LogP) is 3.34. The third-order valence-electron chi connectivity index (χ3n) is 4.93. The molecule has 19 heavy (non-hydrogen) atoms. The average Bonchev–Trinajstić information content (AvgIpc) is 2.90. The fraction of sp³-hybridized carbons (Fsp3) is 0.647. The molecule has 0 radical (unpaired) electrons. The van der Waals surface area contributed by atoms with E-state index in [2.05, 4.69) is 35.2 Å². The second-order valence-electron chi connectivity index (χ2n) is 6.34. The van der Waals surface area contributed by atoms with Crippen molar-refractivity contribution in [1.29, 1.82) is 0 Å². The van der Waals surface area contributed by atoms with E-state index in [0.717, 1.165) is 5.92 Å². The maximum absolute atomic E-state index is 6.01. The Morgan fingerprint density at radius 1 is 1.00 bits per heavy atom. The Morgan fingerprint density at radius 2 is 1.74 bits per heavy atom. The van der Waals surface area contributed by atoms with Gasteiger partial charge in [-0.2, -0.15) is 0 Å². The van der Waals surface area contributed by atoms with Gasteiger partial charge in [0.25, 0.3) is 0 Å². The first-order chi connectivity index (χ1) is 9.33. The highest BCUT2D eigenvalue weighted by Crippen LogP contribution is 2.34. The Hall–Kier alpha value is -0.860. The highest BCUT2D eigenvalue weighted by atomic mass is 15.2. The van der Waals surface area contributed by atoms with Crippen LogP contribution in [-0.4, -0.2) is 24.0 Å². The van der Waals surface area contributed by atoms with Crippen molar-refractivity contribution in [3.8, 4) is 0 Å². The van der Waals surface area contributed by atoms with Crippen LogP contribution in [0, 0.1) is 5.92 Å². The van der Waals surface area contributed by atoms with Crippen molar-refractivity contribution in [2.24, 2.45) is 11.7 Å². The first-order valence-electron chi connectivity index (χ1n) is 7.87. The highest BCUT2D eigenvalue weighted by Gasteiger charge is 2.29. The summed E-state index contributed by atoms with van der Waals surface area (Å²) in [5, 5.41) is 0. The minimum absolute atomic E-state index is 0.472. The number of nitrogens with zero attached hydrogens (tertiary/aromatic N) is 1. The average molecular weight is 258 g/mol. The fourth-order valence-corrected chi connectivity index (χ4v) is 3.80. The minimum atomic E-state index is 0.472. The SMILES string of the molecule is NC1CCC(CN2CCCC2c2ccccc2)CC1. The van der Waals surface area contributed by atoms with Crippen molar-refractivity contribution < 1.29 is 0 Å². The summed E-state index contributed by atoms with van der Waals surface area (Å²) in [7, 11) is 0. The summed E-state index contributed by atoms with van der Waals surface area (Å²) in [5.41, 5.74) is 7.52. The van der Waals surface area contributed by atoms with E-state index in [4.69, 9.17) is 5.73 Å². The van der Waals surface area contributed by atoms with Gasteiger partial charge in [0, 0.05) is 18.6 Å². The van der Waals surface area contributed by atoms with E-state index in [1.807, 2.05) is 0 Å². The van der Waals surface area contributed by atoms with Crippen LogP contribution in [0.1, 0.15) is 50.1 Å². The van der Waals surface area contributed by atoms with Crippen LogP contribution in [0.3, 0.4) is 0 Å². The van der Waals surface area contributed by atoms with Gasteiger partial charge in [0.2, 0.25) is 0 Å². The molecule has 2 N–H and O–H groups in total. The van der Waals surface area contributed by atoms with E-state index in [1.54, 1.807) is 0 Å². The number of nitrogens with two attached hydrogens (primary N) is 1. The van der Waals surface area contributed by atoms with Crippen LogP contribution in [0.15, 0.2) is 30.3 Å². The summed E-state index contributed by atoms with van der Waals surface area (Å²) < 4.78 is 0. The molecule has 1 heterocycles. The second-order valence-corrected chi connectivity index (χ2v) is 6.34. The number of rotatable bonds is 3. The molecule has 0 spiro atoms.